The van der Waals surface area contributed by atoms with Crippen LogP contribution >= 0.6 is 0 Å². The number of fused-ring (bicyclic) bond motifs is 2. The molecule has 0 bridgehead atoms. The molecule has 94 valence electrons. The van der Waals surface area contributed by atoms with Gasteiger partial charge in [0.1, 0.15) is 5.75 Å². The average molecular weight is 253 g/mol. The Labute approximate surface area is 109 Å². The van der Waals surface area contributed by atoms with E-state index in [1.54, 1.807) is 30.3 Å². The molecule has 0 atom stereocenters. The van der Waals surface area contributed by atoms with Crippen molar-refractivity contribution in [1.82, 2.24) is 0 Å². The zero-order valence-electron chi connectivity index (χ0n) is 10.3. The van der Waals surface area contributed by atoms with Gasteiger partial charge >= 0.3 is 0 Å². The summed E-state index contributed by atoms with van der Waals surface area (Å²) in [6.45, 7) is 0. The van der Waals surface area contributed by atoms with E-state index in [2.05, 4.69) is 0 Å². The minimum absolute atomic E-state index is 0.198. The largest absolute Gasteiger partial charge is 0.496 e. The lowest BCUT2D eigenvalue weighted by Gasteiger charge is -2.19. The van der Waals surface area contributed by atoms with Crippen molar-refractivity contribution in [2.75, 3.05) is 12.8 Å². The van der Waals surface area contributed by atoms with Gasteiger partial charge in [-0.3, -0.25) is 9.59 Å². The molecule has 4 heteroatoms. The minimum Gasteiger partial charge on any atom is -0.496 e. The van der Waals surface area contributed by atoms with Gasteiger partial charge in [0, 0.05) is 22.4 Å². The van der Waals surface area contributed by atoms with Gasteiger partial charge in [-0.05, 0) is 24.3 Å². The van der Waals surface area contributed by atoms with Crippen LogP contribution in [0.2, 0.25) is 0 Å². The lowest BCUT2D eigenvalue weighted by molar-refractivity contribution is 0.0976. The van der Waals surface area contributed by atoms with Gasteiger partial charge in [0.2, 0.25) is 0 Å². The molecule has 0 amide bonds. The number of nitrogen functional groups attached to an aromatic ring is 1. The molecule has 2 aromatic rings. The monoisotopic (exact) mass is 253 g/mol. The summed E-state index contributed by atoms with van der Waals surface area (Å²) in [7, 11) is 1.48. The van der Waals surface area contributed by atoms with Gasteiger partial charge in [-0.1, -0.05) is 12.1 Å². The van der Waals surface area contributed by atoms with Crippen molar-refractivity contribution in [3.63, 3.8) is 0 Å². The Morgan fingerprint density at radius 3 is 2.47 bits per heavy atom. The molecule has 0 aromatic heterocycles. The summed E-state index contributed by atoms with van der Waals surface area (Å²) in [5.74, 6) is 0.0103. The van der Waals surface area contributed by atoms with Crippen molar-refractivity contribution in [2.45, 2.75) is 0 Å². The summed E-state index contributed by atoms with van der Waals surface area (Å²) in [5.41, 5.74) is 7.56. The molecular weight excluding hydrogens is 242 g/mol. The Morgan fingerprint density at radius 2 is 1.74 bits per heavy atom. The predicted molar refractivity (Wildman–Crippen MR) is 70.7 cm³/mol. The lowest BCUT2D eigenvalue weighted by Crippen LogP contribution is -2.21. The highest BCUT2D eigenvalue weighted by molar-refractivity contribution is 6.29. The van der Waals surface area contributed by atoms with Gasteiger partial charge in [0.15, 0.2) is 11.6 Å². The third-order valence-electron chi connectivity index (χ3n) is 3.25. The summed E-state index contributed by atoms with van der Waals surface area (Å²) in [6.07, 6.45) is 0. The standard InChI is InChI=1S/C15H11NO3/c1-19-12-4-2-3-10-13(12)15(18)9-6-5-8(16)7-11(9)14(10)17/h2-7H,16H2,1H3. The molecule has 1 aliphatic rings. The number of rotatable bonds is 1. The van der Waals surface area contributed by atoms with E-state index >= 15 is 0 Å². The number of carbonyl (C=O) groups is 2. The maximum absolute atomic E-state index is 12.5. The molecule has 0 radical (unpaired) electrons. The zero-order chi connectivity index (χ0) is 13.6. The molecule has 0 saturated carbocycles. The SMILES string of the molecule is COc1cccc2c1C(=O)c1ccc(N)cc1C2=O. The van der Waals surface area contributed by atoms with Crippen LogP contribution in [-0.2, 0) is 0 Å². The summed E-state index contributed by atoms with van der Waals surface area (Å²) in [5, 5.41) is 0. The summed E-state index contributed by atoms with van der Waals surface area (Å²) in [4.78, 5) is 24.9. The highest BCUT2D eigenvalue weighted by atomic mass is 16.5. The summed E-state index contributed by atoms with van der Waals surface area (Å²) < 4.78 is 5.17. The topological polar surface area (TPSA) is 69.4 Å². The Balaban J connectivity index is 2.32. The fourth-order valence-corrected chi connectivity index (χ4v) is 2.35. The minimum atomic E-state index is -0.206. The number of carbonyl (C=O) groups excluding carboxylic acids is 2. The van der Waals surface area contributed by atoms with Gasteiger partial charge in [-0.2, -0.15) is 0 Å². The van der Waals surface area contributed by atoms with E-state index in [0.717, 1.165) is 0 Å². The third-order valence-corrected chi connectivity index (χ3v) is 3.25. The first-order valence-electron chi connectivity index (χ1n) is 5.79. The van der Waals surface area contributed by atoms with Crippen LogP contribution in [0.5, 0.6) is 5.75 Å². The van der Waals surface area contributed by atoms with Crippen LogP contribution in [0, 0.1) is 0 Å². The predicted octanol–water partition coefficient (Wildman–Crippen LogP) is 2.05. The van der Waals surface area contributed by atoms with Crippen LogP contribution in [0.1, 0.15) is 31.8 Å². The first-order valence-corrected chi connectivity index (χ1v) is 5.79. The number of benzene rings is 2. The zero-order valence-corrected chi connectivity index (χ0v) is 10.3. The normalized spacial score (nSPS) is 12.9. The Morgan fingerprint density at radius 1 is 0.947 bits per heavy atom. The number of hydrogen-bond donors (Lipinski definition) is 1. The number of hydrogen-bond acceptors (Lipinski definition) is 4. The van der Waals surface area contributed by atoms with Crippen LogP contribution in [-0.4, -0.2) is 18.7 Å². The first kappa shape index (κ1) is 11.5. The second kappa shape index (κ2) is 3.95. The van der Waals surface area contributed by atoms with Gasteiger partial charge < -0.3 is 10.5 Å². The third kappa shape index (κ3) is 1.53. The van der Waals surface area contributed by atoms with E-state index < -0.39 is 0 Å². The molecule has 0 heterocycles. The molecule has 19 heavy (non-hydrogen) atoms. The van der Waals surface area contributed by atoms with E-state index in [9.17, 15) is 9.59 Å². The molecule has 4 nitrogen and oxygen atoms in total. The number of ether oxygens (including phenoxy) is 1. The van der Waals surface area contributed by atoms with Crippen molar-refractivity contribution in [1.29, 1.82) is 0 Å². The Bertz CT molecular complexity index is 719. The van der Waals surface area contributed by atoms with Gasteiger partial charge in [0.25, 0.3) is 0 Å². The molecule has 0 saturated heterocycles. The van der Waals surface area contributed by atoms with E-state index in [1.165, 1.54) is 13.2 Å². The molecule has 1 aliphatic carbocycles. The molecule has 0 fully saturated rings. The fraction of sp³-hybridized carbons (Fsp3) is 0.0667. The molecule has 0 spiro atoms. The lowest BCUT2D eigenvalue weighted by atomic mass is 9.83. The van der Waals surface area contributed by atoms with Gasteiger partial charge in [-0.25, -0.2) is 0 Å². The maximum Gasteiger partial charge on any atom is 0.198 e. The van der Waals surface area contributed by atoms with Crippen LogP contribution in [0.4, 0.5) is 5.69 Å². The van der Waals surface area contributed by atoms with Gasteiger partial charge in [-0.15, -0.1) is 0 Å². The smallest absolute Gasteiger partial charge is 0.198 e. The quantitative estimate of drug-likeness (QED) is 0.674. The first-order chi connectivity index (χ1) is 9.13. The van der Waals surface area contributed by atoms with Crippen molar-refractivity contribution in [3.05, 3.63) is 58.7 Å². The molecule has 2 aromatic carbocycles. The van der Waals surface area contributed by atoms with Gasteiger partial charge in [0.05, 0.1) is 12.7 Å². The van der Waals surface area contributed by atoms with Crippen LogP contribution in [0.25, 0.3) is 0 Å². The Hall–Kier alpha value is -2.62. The van der Waals surface area contributed by atoms with E-state index in [0.29, 0.717) is 33.7 Å². The maximum atomic E-state index is 12.5. The van der Waals surface area contributed by atoms with Crippen molar-refractivity contribution >= 4 is 17.3 Å². The number of ketones is 2. The molecular formula is C15H11NO3. The van der Waals surface area contributed by atoms with Crippen molar-refractivity contribution < 1.29 is 14.3 Å². The van der Waals surface area contributed by atoms with Crippen LogP contribution < -0.4 is 10.5 Å². The molecule has 2 N–H and O–H groups in total. The fourth-order valence-electron chi connectivity index (χ4n) is 2.35. The highest BCUT2D eigenvalue weighted by Crippen LogP contribution is 2.33. The highest BCUT2D eigenvalue weighted by Gasteiger charge is 2.32. The van der Waals surface area contributed by atoms with E-state index in [-0.39, 0.29) is 11.6 Å². The molecule has 0 aliphatic heterocycles. The number of nitrogens with two attached hydrogens (primary N) is 1. The number of methoxy groups -OCH3 is 1. The van der Waals surface area contributed by atoms with E-state index in [1.807, 2.05) is 0 Å². The summed E-state index contributed by atoms with van der Waals surface area (Å²) in [6, 6.07) is 9.74. The van der Waals surface area contributed by atoms with Crippen molar-refractivity contribution in [3.8, 4) is 5.75 Å². The molecule has 3 rings (SSSR count). The van der Waals surface area contributed by atoms with E-state index in [4.69, 9.17) is 10.5 Å². The van der Waals surface area contributed by atoms with Crippen molar-refractivity contribution in [2.24, 2.45) is 0 Å². The van der Waals surface area contributed by atoms with Crippen LogP contribution in [0.3, 0.4) is 0 Å². The molecule has 0 unspecified atom stereocenters. The van der Waals surface area contributed by atoms with Crippen LogP contribution in [0.15, 0.2) is 36.4 Å². The second-order valence-electron chi connectivity index (χ2n) is 4.35. The average Bonchev–Trinajstić information content (AvgIpc) is 2.43. The summed E-state index contributed by atoms with van der Waals surface area (Å²) >= 11 is 0. The Kier molecular flexibility index (Phi) is 2.38. The second-order valence-corrected chi connectivity index (χ2v) is 4.35. The number of anilines is 1.